The van der Waals surface area contributed by atoms with Crippen LogP contribution in [0.4, 0.5) is 5.69 Å². The molecule has 1 amide bonds. The zero-order chi connectivity index (χ0) is 21.5. The first-order valence-electron chi connectivity index (χ1n) is 9.92. The predicted molar refractivity (Wildman–Crippen MR) is 121 cm³/mol. The van der Waals surface area contributed by atoms with Gasteiger partial charge in [0.15, 0.2) is 9.84 Å². The Morgan fingerprint density at radius 3 is 2.77 bits per heavy atom. The van der Waals surface area contributed by atoms with Crippen molar-refractivity contribution in [2.75, 3.05) is 16.8 Å². The van der Waals surface area contributed by atoms with Crippen LogP contribution in [0.2, 0.25) is 0 Å². The molecule has 3 heterocycles. The molecule has 1 N–H and O–H groups in total. The number of thiazole rings is 1. The van der Waals surface area contributed by atoms with E-state index in [1.54, 1.807) is 0 Å². The highest BCUT2D eigenvalue weighted by atomic mass is 32.2. The van der Waals surface area contributed by atoms with Crippen molar-refractivity contribution in [1.29, 1.82) is 0 Å². The second kappa shape index (κ2) is 8.00. The van der Waals surface area contributed by atoms with Gasteiger partial charge in [0, 0.05) is 34.1 Å². The summed E-state index contributed by atoms with van der Waals surface area (Å²) in [5.74, 6) is 0.355. The first kappa shape index (κ1) is 20.8. The van der Waals surface area contributed by atoms with Crippen LogP contribution in [0.25, 0.3) is 11.3 Å². The van der Waals surface area contributed by atoms with Crippen molar-refractivity contribution in [3.63, 3.8) is 0 Å². The lowest BCUT2D eigenvalue weighted by Gasteiger charge is -2.16. The molecule has 4 rings (SSSR count). The van der Waals surface area contributed by atoms with Gasteiger partial charge in [0.1, 0.15) is 5.01 Å². The van der Waals surface area contributed by atoms with Gasteiger partial charge in [-0.15, -0.1) is 11.3 Å². The molecule has 1 aliphatic heterocycles. The number of rotatable bonds is 5. The number of carbonyl (C=O) groups is 1. The molecule has 1 aliphatic rings. The fraction of sp³-hybridized carbons (Fsp3) is 0.364. The van der Waals surface area contributed by atoms with Gasteiger partial charge in [0.05, 0.1) is 23.6 Å². The Bertz CT molecular complexity index is 1210. The highest BCUT2D eigenvalue weighted by Crippen LogP contribution is 2.34. The number of nitrogens with zero attached hydrogens (tertiary/aromatic N) is 2. The van der Waals surface area contributed by atoms with Gasteiger partial charge >= 0.3 is 0 Å². The number of amides is 1. The lowest BCUT2D eigenvalue weighted by atomic mass is 10.2. The number of aryl methyl sites for hydroxylation is 2. The Kier molecular flexibility index (Phi) is 5.55. The molecule has 2 aromatic heterocycles. The Hall–Kier alpha value is -2.45. The minimum absolute atomic E-state index is 0.0121. The SMILES string of the molecule is Cc1cccc(NC(=O)Cc2nc(-c3cc(C)n([C@H]4CCS(=O)(=O)C4)c3C)cs2)c1. The molecule has 6 nitrogen and oxygen atoms in total. The van der Waals surface area contributed by atoms with E-state index < -0.39 is 9.84 Å². The Morgan fingerprint density at radius 2 is 2.07 bits per heavy atom. The van der Waals surface area contributed by atoms with Gasteiger partial charge in [-0.05, 0) is 51.0 Å². The summed E-state index contributed by atoms with van der Waals surface area (Å²) in [5.41, 5.74) is 5.77. The van der Waals surface area contributed by atoms with Gasteiger partial charge in [0.2, 0.25) is 5.91 Å². The summed E-state index contributed by atoms with van der Waals surface area (Å²) in [7, 11) is -2.95. The lowest BCUT2D eigenvalue weighted by Crippen LogP contribution is -2.14. The summed E-state index contributed by atoms with van der Waals surface area (Å²) >= 11 is 1.47. The van der Waals surface area contributed by atoms with Gasteiger partial charge in [-0.2, -0.15) is 0 Å². The zero-order valence-corrected chi connectivity index (χ0v) is 18.9. The molecule has 0 spiro atoms. The number of hydrogen-bond acceptors (Lipinski definition) is 5. The van der Waals surface area contributed by atoms with Crippen molar-refractivity contribution < 1.29 is 13.2 Å². The molecule has 0 bridgehead atoms. The number of aromatic nitrogens is 2. The maximum absolute atomic E-state index is 12.4. The molecular formula is C22H25N3O3S2. The number of carbonyl (C=O) groups excluding carboxylic acids is 1. The van der Waals surface area contributed by atoms with Crippen molar-refractivity contribution in [3.05, 3.63) is 57.7 Å². The van der Waals surface area contributed by atoms with E-state index in [0.717, 1.165) is 38.9 Å². The van der Waals surface area contributed by atoms with Crippen LogP contribution in [0.1, 0.15) is 34.4 Å². The van der Waals surface area contributed by atoms with E-state index in [-0.39, 0.29) is 29.9 Å². The average Bonchev–Trinajstić information content (AvgIpc) is 3.32. The molecular weight excluding hydrogens is 418 g/mol. The van der Waals surface area contributed by atoms with Gasteiger partial charge < -0.3 is 9.88 Å². The van der Waals surface area contributed by atoms with Crippen LogP contribution in [0, 0.1) is 20.8 Å². The number of benzene rings is 1. The normalized spacial score (nSPS) is 17.9. The highest BCUT2D eigenvalue weighted by molar-refractivity contribution is 7.91. The van der Waals surface area contributed by atoms with Crippen LogP contribution >= 0.6 is 11.3 Å². The Balaban J connectivity index is 1.50. The summed E-state index contributed by atoms with van der Waals surface area (Å²) in [6, 6.07) is 9.76. The third kappa shape index (κ3) is 4.34. The maximum Gasteiger partial charge on any atom is 0.231 e. The summed E-state index contributed by atoms with van der Waals surface area (Å²) in [6.45, 7) is 6.00. The summed E-state index contributed by atoms with van der Waals surface area (Å²) in [4.78, 5) is 17.1. The third-order valence-corrected chi connectivity index (χ3v) is 8.10. The number of nitrogens with one attached hydrogen (secondary N) is 1. The van der Waals surface area contributed by atoms with E-state index in [9.17, 15) is 13.2 Å². The van der Waals surface area contributed by atoms with E-state index >= 15 is 0 Å². The van der Waals surface area contributed by atoms with Gasteiger partial charge in [-0.25, -0.2) is 13.4 Å². The standard InChI is InChI=1S/C22H25N3O3S2/c1-14-5-4-6-17(9-14)23-21(26)11-22-24-20(12-29-22)19-10-15(2)25(16(19)3)18-7-8-30(27,28)13-18/h4-6,9-10,12,18H,7-8,11,13H2,1-3H3,(H,23,26)/t18-/m0/s1. The summed E-state index contributed by atoms with van der Waals surface area (Å²) in [5, 5.41) is 5.63. The van der Waals surface area contributed by atoms with Gasteiger partial charge in [-0.1, -0.05) is 12.1 Å². The zero-order valence-electron chi connectivity index (χ0n) is 17.3. The third-order valence-electron chi connectivity index (χ3n) is 5.50. The molecule has 0 saturated carbocycles. The first-order chi connectivity index (χ1) is 14.2. The molecule has 3 aromatic rings. The largest absolute Gasteiger partial charge is 0.344 e. The number of sulfone groups is 1. The summed E-state index contributed by atoms with van der Waals surface area (Å²) < 4.78 is 25.9. The van der Waals surface area contributed by atoms with E-state index in [1.807, 2.05) is 50.4 Å². The van der Waals surface area contributed by atoms with Crippen molar-refractivity contribution in [2.24, 2.45) is 0 Å². The minimum atomic E-state index is -2.95. The second-order valence-corrected chi connectivity index (χ2v) is 11.1. The van der Waals surface area contributed by atoms with Crippen LogP contribution in [-0.2, 0) is 21.1 Å². The van der Waals surface area contributed by atoms with Gasteiger partial charge in [-0.3, -0.25) is 4.79 Å². The monoisotopic (exact) mass is 443 g/mol. The van der Waals surface area contributed by atoms with E-state index in [0.29, 0.717) is 6.42 Å². The molecule has 8 heteroatoms. The van der Waals surface area contributed by atoms with Crippen molar-refractivity contribution in [3.8, 4) is 11.3 Å². The smallest absolute Gasteiger partial charge is 0.231 e. The average molecular weight is 444 g/mol. The van der Waals surface area contributed by atoms with Crippen LogP contribution < -0.4 is 5.32 Å². The van der Waals surface area contributed by atoms with Crippen LogP contribution in [0.3, 0.4) is 0 Å². The lowest BCUT2D eigenvalue weighted by molar-refractivity contribution is -0.115. The van der Waals surface area contributed by atoms with Crippen molar-refractivity contribution in [1.82, 2.24) is 9.55 Å². The molecule has 1 saturated heterocycles. The molecule has 0 radical (unpaired) electrons. The van der Waals surface area contributed by atoms with Crippen LogP contribution in [-0.4, -0.2) is 35.4 Å². The quantitative estimate of drug-likeness (QED) is 0.644. The number of hydrogen-bond donors (Lipinski definition) is 1. The highest BCUT2D eigenvalue weighted by Gasteiger charge is 2.31. The van der Waals surface area contributed by atoms with Crippen LogP contribution in [0.5, 0.6) is 0 Å². The minimum Gasteiger partial charge on any atom is -0.344 e. The molecule has 30 heavy (non-hydrogen) atoms. The van der Waals surface area contributed by atoms with E-state index in [2.05, 4.69) is 20.9 Å². The summed E-state index contributed by atoms with van der Waals surface area (Å²) in [6.07, 6.45) is 0.873. The molecule has 1 fully saturated rings. The molecule has 1 aromatic carbocycles. The van der Waals surface area contributed by atoms with E-state index in [4.69, 9.17) is 0 Å². The maximum atomic E-state index is 12.4. The molecule has 0 unspecified atom stereocenters. The Morgan fingerprint density at radius 1 is 1.27 bits per heavy atom. The fourth-order valence-electron chi connectivity index (χ4n) is 4.16. The van der Waals surface area contributed by atoms with Crippen molar-refractivity contribution >= 4 is 32.8 Å². The topological polar surface area (TPSA) is 81.1 Å². The van der Waals surface area contributed by atoms with Crippen LogP contribution in [0.15, 0.2) is 35.7 Å². The predicted octanol–water partition coefficient (Wildman–Crippen LogP) is 4.08. The first-order valence-corrected chi connectivity index (χ1v) is 12.6. The van der Waals surface area contributed by atoms with Crippen molar-refractivity contribution in [2.45, 2.75) is 39.7 Å². The van der Waals surface area contributed by atoms with E-state index in [1.165, 1.54) is 11.3 Å². The fourth-order valence-corrected chi connectivity index (χ4v) is 6.65. The Labute approximate surface area is 180 Å². The second-order valence-electron chi connectivity index (χ2n) is 7.93. The number of anilines is 1. The molecule has 1 atom stereocenters. The molecule has 158 valence electrons. The van der Waals surface area contributed by atoms with Gasteiger partial charge in [0.25, 0.3) is 0 Å². The molecule has 0 aliphatic carbocycles.